The highest BCUT2D eigenvalue weighted by atomic mass is 35.5. The van der Waals surface area contributed by atoms with Crippen molar-refractivity contribution in [3.8, 4) is 0 Å². The maximum atomic E-state index is 12.7. The molecule has 2 atom stereocenters. The quantitative estimate of drug-likeness (QED) is 0.905. The summed E-state index contributed by atoms with van der Waals surface area (Å²) in [7, 11) is 0. The van der Waals surface area contributed by atoms with Gasteiger partial charge in [-0.1, -0.05) is 25.1 Å². The van der Waals surface area contributed by atoms with Crippen LogP contribution in [0.1, 0.15) is 26.7 Å². The molecule has 124 valence electrons. The van der Waals surface area contributed by atoms with E-state index in [1.54, 1.807) is 0 Å². The number of amides is 1. The van der Waals surface area contributed by atoms with Gasteiger partial charge in [0, 0.05) is 24.8 Å². The third kappa shape index (κ3) is 4.45. The fraction of sp³-hybridized carbons (Fsp3) is 0.588. The van der Waals surface area contributed by atoms with Crippen molar-refractivity contribution >= 4 is 24.0 Å². The molecule has 1 aliphatic rings. The zero-order valence-corrected chi connectivity index (χ0v) is 14.4. The number of likely N-dealkylation sites (N-methyl/N-ethyl adjacent to an activating group) is 1. The van der Waals surface area contributed by atoms with E-state index in [0.717, 1.165) is 18.7 Å². The normalized spacial score (nSPS) is 22.0. The average molecular weight is 326 g/mol. The van der Waals surface area contributed by atoms with E-state index in [1.165, 1.54) is 6.42 Å². The molecule has 1 amide bonds. The average Bonchev–Trinajstić information content (AvgIpc) is 2.49. The first-order valence-corrected chi connectivity index (χ1v) is 7.96. The van der Waals surface area contributed by atoms with Crippen LogP contribution in [-0.2, 0) is 4.79 Å². The molecule has 5 heteroatoms. The number of hydrogen-bond acceptors (Lipinski definition) is 3. The summed E-state index contributed by atoms with van der Waals surface area (Å²) in [5, 5.41) is 0. The van der Waals surface area contributed by atoms with Crippen LogP contribution in [0.2, 0.25) is 0 Å². The molecule has 1 aromatic rings. The fourth-order valence-corrected chi connectivity index (χ4v) is 3.28. The third-order valence-corrected chi connectivity index (χ3v) is 4.50. The van der Waals surface area contributed by atoms with E-state index in [2.05, 4.69) is 11.8 Å². The van der Waals surface area contributed by atoms with Crippen molar-refractivity contribution in [3.63, 3.8) is 0 Å². The highest BCUT2D eigenvalue weighted by molar-refractivity contribution is 5.94. The zero-order valence-electron chi connectivity index (χ0n) is 13.6. The van der Waals surface area contributed by atoms with Crippen molar-refractivity contribution in [2.24, 2.45) is 11.7 Å². The van der Waals surface area contributed by atoms with Crippen LogP contribution in [0.15, 0.2) is 30.3 Å². The molecule has 22 heavy (non-hydrogen) atoms. The molecule has 0 aromatic heterocycles. The Kier molecular flexibility index (Phi) is 7.87. The molecule has 2 N–H and O–H groups in total. The topological polar surface area (TPSA) is 49.6 Å². The lowest BCUT2D eigenvalue weighted by atomic mass is 9.91. The van der Waals surface area contributed by atoms with Crippen LogP contribution in [-0.4, -0.2) is 43.0 Å². The number of likely N-dealkylation sites (tertiary alicyclic amines) is 1. The standard InChI is InChI=1S/C17H27N3O.ClH/c1-3-20(15-9-5-4-6-10-15)17(21)13-19-11-7-8-14(2)16(19)12-18;/h4-6,9-10,14,16H,3,7-8,11-13,18H2,1-2H3;1H. The van der Waals surface area contributed by atoms with Crippen LogP contribution in [0.25, 0.3) is 0 Å². The van der Waals surface area contributed by atoms with Gasteiger partial charge in [0.25, 0.3) is 0 Å². The van der Waals surface area contributed by atoms with E-state index >= 15 is 0 Å². The molecule has 0 radical (unpaired) electrons. The molecule has 1 heterocycles. The summed E-state index contributed by atoms with van der Waals surface area (Å²) >= 11 is 0. The molecular weight excluding hydrogens is 298 g/mol. The predicted molar refractivity (Wildman–Crippen MR) is 94.5 cm³/mol. The van der Waals surface area contributed by atoms with E-state index < -0.39 is 0 Å². The molecule has 0 spiro atoms. The fourth-order valence-electron chi connectivity index (χ4n) is 3.28. The predicted octanol–water partition coefficient (Wildman–Crippen LogP) is 2.52. The van der Waals surface area contributed by atoms with Gasteiger partial charge < -0.3 is 10.6 Å². The monoisotopic (exact) mass is 325 g/mol. The Morgan fingerprint density at radius 1 is 1.36 bits per heavy atom. The summed E-state index contributed by atoms with van der Waals surface area (Å²) < 4.78 is 0. The SMILES string of the molecule is CCN(C(=O)CN1CCCC(C)C1CN)c1ccccc1.Cl. The Bertz CT molecular complexity index is 454. The number of carbonyl (C=O) groups is 1. The molecule has 1 aromatic carbocycles. The third-order valence-electron chi connectivity index (χ3n) is 4.50. The zero-order chi connectivity index (χ0) is 15.2. The van der Waals surface area contributed by atoms with Gasteiger partial charge in [-0.05, 0) is 44.4 Å². The van der Waals surface area contributed by atoms with Crippen LogP contribution in [0.3, 0.4) is 0 Å². The lowest BCUT2D eigenvalue weighted by molar-refractivity contribution is -0.120. The summed E-state index contributed by atoms with van der Waals surface area (Å²) in [5.41, 5.74) is 6.88. The number of carbonyl (C=O) groups excluding carboxylic acids is 1. The van der Waals surface area contributed by atoms with Crippen molar-refractivity contribution in [1.29, 1.82) is 0 Å². The first-order valence-electron chi connectivity index (χ1n) is 7.96. The minimum atomic E-state index is 0. The molecule has 0 aliphatic carbocycles. The van der Waals surface area contributed by atoms with Crippen LogP contribution >= 0.6 is 12.4 Å². The molecule has 1 saturated heterocycles. The Labute approximate surface area is 140 Å². The number of benzene rings is 1. The van der Waals surface area contributed by atoms with Crippen molar-refractivity contribution < 1.29 is 4.79 Å². The summed E-state index contributed by atoms with van der Waals surface area (Å²) in [6.07, 6.45) is 2.37. The van der Waals surface area contributed by atoms with Crippen molar-refractivity contribution in [2.75, 3.05) is 31.1 Å². The number of hydrogen-bond donors (Lipinski definition) is 1. The lowest BCUT2D eigenvalue weighted by Crippen LogP contribution is -2.52. The van der Waals surface area contributed by atoms with Gasteiger partial charge in [-0.15, -0.1) is 12.4 Å². The molecule has 2 unspecified atom stereocenters. The van der Waals surface area contributed by atoms with E-state index in [4.69, 9.17) is 5.73 Å². The number of anilines is 1. The van der Waals surface area contributed by atoms with Gasteiger partial charge >= 0.3 is 0 Å². The molecule has 1 aliphatic heterocycles. The molecule has 1 fully saturated rings. The first-order chi connectivity index (χ1) is 10.2. The Balaban J connectivity index is 0.00000242. The van der Waals surface area contributed by atoms with Gasteiger partial charge in [-0.25, -0.2) is 0 Å². The molecule has 0 saturated carbocycles. The lowest BCUT2D eigenvalue weighted by Gasteiger charge is -2.39. The Hall–Kier alpha value is -1.10. The smallest absolute Gasteiger partial charge is 0.241 e. The molecule has 0 bridgehead atoms. The number of piperidine rings is 1. The highest BCUT2D eigenvalue weighted by Gasteiger charge is 2.29. The van der Waals surface area contributed by atoms with Gasteiger partial charge in [0.1, 0.15) is 0 Å². The van der Waals surface area contributed by atoms with Gasteiger partial charge in [-0.2, -0.15) is 0 Å². The van der Waals surface area contributed by atoms with Crippen molar-refractivity contribution in [3.05, 3.63) is 30.3 Å². The maximum Gasteiger partial charge on any atom is 0.241 e. The van der Waals surface area contributed by atoms with E-state index in [9.17, 15) is 4.79 Å². The summed E-state index contributed by atoms with van der Waals surface area (Å²) in [5.74, 6) is 0.736. The first kappa shape index (κ1) is 18.9. The van der Waals surface area contributed by atoms with E-state index in [1.807, 2.05) is 42.2 Å². The molecule has 4 nitrogen and oxygen atoms in total. The second kappa shape index (κ2) is 9.13. The van der Waals surface area contributed by atoms with Gasteiger partial charge in [-0.3, -0.25) is 9.69 Å². The van der Waals surface area contributed by atoms with Gasteiger partial charge in [0.2, 0.25) is 5.91 Å². The maximum absolute atomic E-state index is 12.7. The van der Waals surface area contributed by atoms with Crippen molar-refractivity contribution in [2.45, 2.75) is 32.7 Å². The second-order valence-corrected chi connectivity index (χ2v) is 5.87. The van der Waals surface area contributed by atoms with Crippen molar-refractivity contribution in [1.82, 2.24) is 4.90 Å². The number of para-hydroxylation sites is 1. The van der Waals surface area contributed by atoms with E-state index in [-0.39, 0.29) is 18.3 Å². The van der Waals surface area contributed by atoms with Crippen LogP contribution < -0.4 is 10.6 Å². The van der Waals surface area contributed by atoms with Crippen LogP contribution in [0.5, 0.6) is 0 Å². The summed E-state index contributed by atoms with van der Waals surface area (Å²) in [6, 6.07) is 10.2. The number of nitrogens with zero attached hydrogens (tertiary/aromatic N) is 2. The number of nitrogens with two attached hydrogens (primary N) is 1. The minimum Gasteiger partial charge on any atom is -0.329 e. The van der Waals surface area contributed by atoms with Gasteiger partial charge in [0.15, 0.2) is 0 Å². The Morgan fingerprint density at radius 2 is 2.05 bits per heavy atom. The number of halogens is 1. The number of rotatable bonds is 5. The summed E-state index contributed by atoms with van der Waals surface area (Å²) in [4.78, 5) is 16.8. The van der Waals surface area contributed by atoms with Crippen LogP contribution in [0, 0.1) is 5.92 Å². The molecular formula is C17H28ClN3O. The van der Waals surface area contributed by atoms with Crippen LogP contribution in [0.4, 0.5) is 5.69 Å². The molecule has 2 rings (SSSR count). The van der Waals surface area contributed by atoms with E-state index in [0.29, 0.717) is 31.6 Å². The minimum absolute atomic E-state index is 0. The highest BCUT2D eigenvalue weighted by Crippen LogP contribution is 2.23. The second-order valence-electron chi connectivity index (χ2n) is 5.87. The Morgan fingerprint density at radius 3 is 2.64 bits per heavy atom. The summed E-state index contributed by atoms with van der Waals surface area (Å²) in [6.45, 7) is 7.03. The largest absolute Gasteiger partial charge is 0.329 e. The van der Waals surface area contributed by atoms with Gasteiger partial charge in [0.05, 0.1) is 6.54 Å².